The zero-order valence-corrected chi connectivity index (χ0v) is 9.01. The van der Waals surface area contributed by atoms with E-state index in [9.17, 15) is 0 Å². The van der Waals surface area contributed by atoms with E-state index < -0.39 is 0 Å². The van der Waals surface area contributed by atoms with Gasteiger partial charge in [0.15, 0.2) is 0 Å². The van der Waals surface area contributed by atoms with E-state index in [0.717, 1.165) is 37.3 Å². The first-order chi connectivity index (χ1) is 7.90. The van der Waals surface area contributed by atoms with Gasteiger partial charge in [-0.25, -0.2) is 0 Å². The lowest BCUT2D eigenvalue weighted by molar-refractivity contribution is 0.657. The van der Waals surface area contributed by atoms with Gasteiger partial charge in [-0.1, -0.05) is 6.08 Å². The van der Waals surface area contributed by atoms with Crippen LogP contribution in [0.1, 0.15) is 23.6 Å². The molecule has 2 aliphatic rings. The van der Waals surface area contributed by atoms with E-state index in [0.29, 0.717) is 5.92 Å². The quantitative estimate of drug-likeness (QED) is 0.618. The second kappa shape index (κ2) is 3.69. The fraction of sp³-hybridized carbons (Fsp3) is 0.417. The number of anilines is 1. The lowest BCUT2D eigenvalue weighted by Crippen LogP contribution is -2.25. The highest BCUT2D eigenvalue weighted by Crippen LogP contribution is 2.37. The van der Waals surface area contributed by atoms with Gasteiger partial charge in [-0.3, -0.25) is 0 Å². The predicted octanol–water partition coefficient (Wildman–Crippen LogP) is 1.32. The van der Waals surface area contributed by atoms with Crippen molar-refractivity contribution >= 4 is 5.69 Å². The van der Waals surface area contributed by atoms with Gasteiger partial charge in [-0.05, 0) is 18.5 Å². The molecule has 0 saturated carbocycles. The molecule has 4 heteroatoms. The summed E-state index contributed by atoms with van der Waals surface area (Å²) in [7, 11) is 0. The van der Waals surface area contributed by atoms with E-state index >= 15 is 0 Å². The molecule has 1 unspecified atom stereocenters. The first-order valence-corrected chi connectivity index (χ1v) is 5.65. The Bertz CT molecular complexity index is 478. The summed E-state index contributed by atoms with van der Waals surface area (Å²) in [5, 5.41) is 15.7. The van der Waals surface area contributed by atoms with Crippen LogP contribution in [0.25, 0.3) is 0 Å². The molecule has 0 spiro atoms. The van der Waals surface area contributed by atoms with Crippen LogP contribution in [0.15, 0.2) is 17.8 Å². The highest BCUT2D eigenvalue weighted by molar-refractivity contribution is 5.67. The number of nitrogens with one attached hydrogen (secondary N) is 3. The number of hydrogen-bond acceptors (Lipinski definition) is 3. The molecule has 3 N–H and O–H groups in total. The molecule has 3 heterocycles. The van der Waals surface area contributed by atoms with E-state index in [2.05, 4.69) is 27.8 Å². The van der Waals surface area contributed by atoms with Crippen molar-refractivity contribution < 1.29 is 0 Å². The van der Waals surface area contributed by atoms with E-state index in [1.807, 2.05) is 0 Å². The van der Waals surface area contributed by atoms with Crippen molar-refractivity contribution in [2.24, 2.45) is 0 Å². The van der Waals surface area contributed by atoms with E-state index in [1.54, 1.807) is 6.20 Å². The van der Waals surface area contributed by atoms with Crippen LogP contribution in [-0.4, -0.2) is 24.6 Å². The Morgan fingerprint density at radius 3 is 3.12 bits per heavy atom. The number of fused-ring (bicyclic) bond motifs is 1. The van der Waals surface area contributed by atoms with Crippen LogP contribution in [0.4, 0.5) is 5.69 Å². The van der Waals surface area contributed by atoms with Gasteiger partial charge in [0.1, 0.15) is 6.07 Å². The van der Waals surface area contributed by atoms with E-state index in [4.69, 9.17) is 5.26 Å². The fourth-order valence-corrected chi connectivity index (χ4v) is 2.55. The molecule has 4 nitrogen and oxygen atoms in total. The van der Waals surface area contributed by atoms with Crippen LogP contribution in [0.2, 0.25) is 0 Å². The van der Waals surface area contributed by atoms with Crippen LogP contribution < -0.4 is 10.6 Å². The maximum atomic E-state index is 8.95. The minimum absolute atomic E-state index is 0.407. The molecule has 0 radical (unpaired) electrons. The Morgan fingerprint density at radius 1 is 1.44 bits per heavy atom. The summed E-state index contributed by atoms with van der Waals surface area (Å²) >= 11 is 0. The summed E-state index contributed by atoms with van der Waals surface area (Å²) in [6.45, 7) is 2.95. The Balaban J connectivity index is 1.94. The zero-order valence-electron chi connectivity index (χ0n) is 9.01. The van der Waals surface area contributed by atoms with Crippen LogP contribution in [0.3, 0.4) is 0 Å². The summed E-state index contributed by atoms with van der Waals surface area (Å²) in [6, 6.07) is 2.20. The van der Waals surface area contributed by atoms with Crippen molar-refractivity contribution in [2.45, 2.75) is 12.3 Å². The van der Waals surface area contributed by atoms with Crippen LogP contribution in [0.5, 0.6) is 0 Å². The highest BCUT2D eigenvalue weighted by atomic mass is 15.0. The lowest BCUT2D eigenvalue weighted by atomic mass is 9.94. The number of rotatable bonds is 1. The molecule has 0 bridgehead atoms. The maximum absolute atomic E-state index is 8.95. The molecule has 82 valence electrons. The maximum Gasteiger partial charge on any atom is 0.103 e. The number of aromatic amines is 1. The van der Waals surface area contributed by atoms with E-state index in [1.165, 1.54) is 11.3 Å². The summed E-state index contributed by atoms with van der Waals surface area (Å²) in [5.41, 5.74) is 4.33. The summed E-state index contributed by atoms with van der Waals surface area (Å²) in [6.07, 6.45) is 5.22. The van der Waals surface area contributed by atoms with Gasteiger partial charge < -0.3 is 15.6 Å². The molecule has 2 aliphatic heterocycles. The van der Waals surface area contributed by atoms with Crippen molar-refractivity contribution in [2.75, 3.05) is 25.0 Å². The van der Waals surface area contributed by atoms with Gasteiger partial charge >= 0.3 is 0 Å². The number of nitrogens with zero attached hydrogens (tertiary/aromatic N) is 1. The monoisotopic (exact) mass is 214 g/mol. The van der Waals surface area contributed by atoms with Crippen LogP contribution >= 0.6 is 0 Å². The first kappa shape index (κ1) is 9.49. The van der Waals surface area contributed by atoms with Gasteiger partial charge in [0.05, 0.1) is 11.3 Å². The molecule has 0 fully saturated rings. The number of hydrogen-bond donors (Lipinski definition) is 3. The molecule has 0 saturated heterocycles. The van der Waals surface area contributed by atoms with E-state index in [-0.39, 0.29) is 0 Å². The first-order valence-electron chi connectivity index (χ1n) is 5.65. The molecule has 0 amide bonds. The minimum Gasteiger partial charge on any atom is -0.381 e. The van der Waals surface area contributed by atoms with Crippen molar-refractivity contribution in [1.82, 2.24) is 10.3 Å². The fourth-order valence-electron chi connectivity index (χ4n) is 2.55. The number of nitriles is 1. The van der Waals surface area contributed by atoms with Gasteiger partial charge in [0.2, 0.25) is 0 Å². The van der Waals surface area contributed by atoms with Gasteiger partial charge in [0.25, 0.3) is 0 Å². The topological polar surface area (TPSA) is 63.6 Å². The largest absolute Gasteiger partial charge is 0.381 e. The smallest absolute Gasteiger partial charge is 0.103 e. The highest BCUT2D eigenvalue weighted by Gasteiger charge is 2.29. The molecule has 1 atom stereocenters. The Morgan fingerprint density at radius 2 is 2.38 bits per heavy atom. The average Bonchev–Trinajstić information content (AvgIpc) is 2.90. The molecule has 0 aliphatic carbocycles. The molecular weight excluding hydrogens is 200 g/mol. The van der Waals surface area contributed by atoms with Gasteiger partial charge in [-0.15, -0.1) is 0 Å². The second-order valence-corrected chi connectivity index (χ2v) is 4.28. The molecule has 3 rings (SSSR count). The third-order valence-electron chi connectivity index (χ3n) is 3.37. The third kappa shape index (κ3) is 1.33. The number of aromatic nitrogens is 1. The van der Waals surface area contributed by atoms with Gasteiger partial charge in [0, 0.05) is 30.9 Å². The normalized spacial score (nSPS) is 23.2. The van der Waals surface area contributed by atoms with Crippen molar-refractivity contribution in [3.8, 4) is 6.07 Å². The summed E-state index contributed by atoms with van der Waals surface area (Å²) in [4.78, 5) is 3.23. The molecule has 0 aromatic carbocycles. The lowest BCUT2D eigenvalue weighted by Gasteiger charge is -2.19. The third-order valence-corrected chi connectivity index (χ3v) is 3.37. The molecule has 1 aromatic heterocycles. The van der Waals surface area contributed by atoms with Crippen LogP contribution in [0, 0.1) is 11.3 Å². The Hall–Kier alpha value is -1.73. The van der Waals surface area contributed by atoms with Crippen LogP contribution in [-0.2, 0) is 0 Å². The van der Waals surface area contributed by atoms with Crippen molar-refractivity contribution in [3.63, 3.8) is 0 Å². The molecule has 1 aromatic rings. The van der Waals surface area contributed by atoms with Crippen molar-refractivity contribution in [1.29, 1.82) is 5.26 Å². The molecular formula is C12H14N4. The summed E-state index contributed by atoms with van der Waals surface area (Å²) < 4.78 is 0. The summed E-state index contributed by atoms with van der Waals surface area (Å²) in [5.74, 6) is 0.407. The Labute approximate surface area is 94.4 Å². The predicted molar refractivity (Wildman–Crippen MR) is 62.3 cm³/mol. The number of H-pyrrole nitrogens is 1. The van der Waals surface area contributed by atoms with Crippen molar-refractivity contribution in [3.05, 3.63) is 29.1 Å². The minimum atomic E-state index is 0.407. The van der Waals surface area contributed by atoms with Gasteiger partial charge in [-0.2, -0.15) is 5.26 Å². The standard InChI is InChI=1S/C12H14N4/c13-4-9-6-15-12-10(7-16-11(9)12)8-2-1-3-14-5-8/h2,6,10,14-16H,1,3,5,7H2. The zero-order chi connectivity index (χ0) is 11.0. The second-order valence-electron chi connectivity index (χ2n) is 4.28. The Kier molecular flexibility index (Phi) is 2.19. The average molecular weight is 214 g/mol. The SMILES string of the molecule is N#Cc1c[nH]c2c1NCC2C1=CCCNC1. The molecule has 16 heavy (non-hydrogen) atoms.